The third-order valence-electron chi connectivity index (χ3n) is 3.71. The molecule has 26 heavy (non-hydrogen) atoms. The van der Waals surface area contributed by atoms with E-state index in [2.05, 4.69) is 10.1 Å². The number of hydrogen-bond acceptors (Lipinski definition) is 5. The van der Waals surface area contributed by atoms with Crippen LogP contribution in [0.4, 0.5) is 4.39 Å². The fraction of sp³-hybridized carbons (Fsp3) is 0.211. The Hall–Kier alpha value is -2.67. The quantitative estimate of drug-likeness (QED) is 0.633. The van der Waals surface area contributed by atoms with E-state index >= 15 is 0 Å². The van der Waals surface area contributed by atoms with Crippen LogP contribution >= 0.6 is 11.8 Å². The van der Waals surface area contributed by atoms with Gasteiger partial charge in [-0.2, -0.15) is 4.98 Å². The minimum Gasteiger partial charge on any atom is -0.337 e. The highest BCUT2D eigenvalue weighted by molar-refractivity contribution is 7.99. The summed E-state index contributed by atoms with van der Waals surface area (Å²) in [5.74, 6) is 1.59. The molecule has 134 valence electrons. The first-order valence-corrected chi connectivity index (χ1v) is 9.21. The van der Waals surface area contributed by atoms with Crippen molar-refractivity contribution in [1.29, 1.82) is 0 Å². The van der Waals surface area contributed by atoms with E-state index in [4.69, 9.17) is 4.52 Å². The van der Waals surface area contributed by atoms with Crippen molar-refractivity contribution >= 4 is 17.7 Å². The summed E-state index contributed by atoms with van der Waals surface area (Å²) in [5.41, 5.74) is 1.85. The van der Waals surface area contributed by atoms with E-state index in [1.807, 2.05) is 30.3 Å². The Kier molecular flexibility index (Phi) is 6.01. The number of aromatic nitrogens is 2. The molecule has 1 aromatic heterocycles. The Morgan fingerprint density at radius 2 is 1.88 bits per heavy atom. The summed E-state index contributed by atoms with van der Waals surface area (Å²) < 4.78 is 18.1. The van der Waals surface area contributed by atoms with Crippen LogP contribution in [0.25, 0.3) is 11.4 Å². The first kappa shape index (κ1) is 18.1. The van der Waals surface area contributed by atoms with Crippen molar-refractivity contribution in [2.24, 2.45) is 0 Å². The lowest BCUT2D eigenvalue weighted by atomic mass is 10.2. The van der Waals surface area contributed by atoms with Gasteiger partial charge in [-0.3, -0.25) is 4.79 Å². The molecule has 0 spiro atoms. The fourth-order valence-corrected chi connectivity index (χ4v) is 3.19. The van der Waals surface area contributed by atoms with Gasteiger partial charge in [-0.05, 0) is 17.7 Å². The Morgan fingerprint density at radius 1 is 1.15 bits per heavy atom. The molecule has 7 heteroatoms. The molecule has 0 aliphatic heterocycles. The molecule has 0 saturated carbocycles. The van der Waals surface area contributed by atoms with E-state index in [1.54, 1.807) is 24.1 Å². The maximum absolute atomic E-state index is 12.9. The summed E-state index contributed by atoms with van der Waals surface area (Å²) in [6.45, 7) is 0.260. The minimum atomic E-state index is -0.260. The number of amides is 1. The second-order valence-corrected chi connectivity index (χ2v) is 6.73. The van der Waals surface area contributed by atoms with Gasteiger partial charge in [-0.1, -0.05) is 47.6 Å². The predicted octanol–water partition coefficient (Wildman–Crippen LogP) is 3.77. The number of hydrogen-bond donors (Lipinski definition) is 0. The van der Waals surface area contributed by atoms with Gasteiger partial charge in [-0.25, -0.2) is 4.39 Å². The van der Waals surface area contributed by atoms with E-state index in [-0.39, 0.29) is 18.3 Å². The lowest BCUT2D eigenvalue weighted by Gasteiger charge is -2.14. The molecule has 3 rings (SSSR count). The molecule has 0 N–H and O–H groups in total. The van der Waals surface area contributed by atoms with Gasteiger partial charge in [0.2, 0.25) is 17.6 Å². The average Bonchev–Trinajstić information content (AvgIpc) is 3.12. The molecule has 0 radical (unpaired) electrons. The van der Waals surface area contributed by atoms with Gasteiger partial charge >= 0.3 is 0 Å². The van der Waals surface area contributed by atoms with E-state index < -0.39 is 0 Å². The van der Waals surface area contributed by atoms with Gasteiger partial charge in [0.25, 0.3) is 0 Å². The van der Waals surface area contributed by atoms with E-state index in [0.717, 1.165) is 11.1 Å². The molecule has 0 fully saturated rings. The molecule has 5 nitrogen and oxygen atoms in total. The predicted molar refractivity (Wildman–Crippen MR) is 98.8 cm³/mol. The zero-order valence-electron chi connectivity index (χ0n) is 14.3. The molecule has 1 heterocycles. The first-order valence-electron chi connectivity index (χ1n) is 8.06. The number of rotatable bonds is 7. The van der Waals surface area contributed by atoms with Gasteiger partial charge in [0.1, 0.15) is 5.82 Å². The molecule has 0 atom stereocenters. The summed E-state index contributed by atoms with van der Waals surface area (Å²) in [5, 5.41) is 3.95. The number of carbonyl (C=O) groups is 1. The third-order valence-corrected chi connectivity index (χ3v) is 4.69. The summed E-state index contributed by atoms with van der Waals surface area (Å²) in [6.07, 6.45) is 0. The number of nitrogens with zero attached hydrogens (tertiary/aromatic N) is 3. The summed E-state index contributed by atoms with van der Waals surface area (Å²) in [7, 11) is 1.70. The average molecular weight is 371 g/mol. The van der Waals surface area contributed by atoms with Crippen molar-refractivity contribution in [3.63, 3.8) is 0 Å². The fourth-order valence-electron chi connectivity index (χ4n) is 2.26. The second kappa shape index (κ2) is 8.62. The SMILES string of the molecule is CN(Cc1nc(-c2ccccc2)no1)C(=O)CSCc1ccc(F)cc1. The summed E-state index contributed by atoms with van der Waals surface area (Å²) in [4.78, 5) is 18.1. The highest BCUT2D eigenvalue weighted by Gasteiger charge is 2.14. The standard InChI is InChI=1S/C19H18FN3O2S/c1-23(18(24)13-26-12-14-7-9-16(20)10-8-14)11-17-21-19(22-25-17)15-5-3-2-4-6-15/h2-10H,11-13H2,1H3. The number of carbonyl (C=O) groups excluding carboxylic acids is 1. The molecule has 0 unspecified atom stereocenters. The molecule has 2 aromatic carbocycles. The maximum Gasteiger partial charge on any atom is 0.246 e. The Labute approximate surface area is 155 Å². The van der Waals surface area contributed by atoms with Crippen molar-refractivity contribution in [2.75, 3.05) is 12.8 Å². The minimum absolute atomic E-state index is 0.0310. The van der Waals surface area contributed by atoms with Crippen molar-refractivity contribution in [3.05, 3.63) is 71.9 Å². The van der Waals surface area contributed by atoms with Crippen LogP contribution in [0.3, 0.4) is 0 Å². The van der Waals surface area contributed by atoms with Crippen LogP contribution in [0.2, 0.25) is 0 Å². The zero-order valence-corrected chi connectivity index (χ0v) is 15.1. The van der Waals surface area contributed by atoms with Crippen LogP contribution in [-0.4, -0.2) is 33.7 Å². The number of halogens is 1. The lowest BCUT2D eigenvalue weighted by molar-refractivity contribution is -0.127. The Bertz CT molecular complexity index is 853. The number of benzene rings is 2. The maximum atomic E-state index is 12.9. The largest absolute Gasteiger partial charge is 0.337 e. The monoisotopic (exact) mass is 371 g/mol. The molecule has 0 bridgehead atoms. The molecule has 0 aliphatic carbocycles. The van der Waals surface area contributed by atoms with Crippen molar-refractivity contribution < 1.29 is 13.7 Å². The highest BCUT2D eigenvalue weighted by Crippen LogP contribution is 2.16. The normalized spacial score (nSPS) is 10.7. The smallest absolute Gasteiger partial charge is 0.246 e. The Morgan fingerprint density at radius 3 is 2.62 bits per heavy atom. The third kappa shape index (κ3) is 4.92. The van der Waals surface area contributed by atoms with Crippen molar-refractivity contribution in [3.8, 4) is 11.4 Å². The lowest BCUT2D eigenvalue weighted by Crippen LogP contribution is -2.28. The van der Waals surface area contributed by atoms with Crippen LogP contribution in [0.15, 0.2) is 59.1 Å². The summed E-state index contributed by atoms with van der Waals surface area (Å²) >= 11 is 1.48. The first-order chi connectivity index (χ1) is 12.6. The van der Waals surface area contributed by atoms with E-state index in [0.29, 0.717) is 23.2 Å². The second-order valence-electron chi connectivity index (χ2n) is 5.75. The highest BCUT2D eigenvalue weighted by atomic mass is 32.2. The van der Waals surface area contributed by atoms with Gasteiger partial charge in [-0.15, -0.1) is 11.8 Å². The van der Waals surface area contributed by atoms with Crippen LogP contribution in [0.5, 0.6) is 0 Å². The number of thioether (sulfide) groups is 1. The molecule has 3 aromatic rings. The van der Waals surface area contributed by atoms with Gasteiger partial charge in [0, 0.05) is 18.4 Å². The molecule has 1 amide bonds. The zero-order chi connectivity index (χ0) is 18.4. The molecule has 0 saturated heterocycles. The van der Waals surface area contributed by atoms with Crippen molar-refractivity contribution in [2.45, 2.75) is 12.3 Å². The molecular weight excluding hydrogens is 353 g/mol. The molecular formula is C19H18FN3O2S. The van der Waals surface area contributed by atoms with Gasteiger partial charge in [0.15, 0.2) is 0 Å². The Balaban J connectivity index is 1.48. The van der Waals surface area contributed by atoms with Crippen LogP contribution in [-0.2, 0) is 17.1 Å². The van der Waals surface area contributed by atoms with Crippen LogP contribution in [0, 0.1) is 5.82 Å². The molecule has 0 aliphatic rings. The van der Waals surface area contributed by atoms with E-state index in [1.165, 1.54) is 23.9 Å². The summed E-state index contributed by atoms with van der Waals surface area (Å²) in [6, 6.07) is 15.8. The van der Waals surface area contributed by atoms with Crippen molar-refractivity contribution in [1.82, 2.24) is 15.0 Å². The van der Waals surface area contributed by atoms with Gasteiger partial charge in [0.05, 0.1) is 12.3 Å². The van der Waals surface area contributed by atoms with Crippen LogP contribution in [0.1, 0.15) is 11.5 Å². The van der Waals surface area contributed by atoms with Crippen LogP contribution < -0.4 is 0 Å². The van der Waals surface area contributed by atoms with Gasteiger partial charge < -0.3 is 9.42 Å². The van der Waals surface area contributed by atoms with E-state index in [9.17, 15) is 9.18 Å². The topological polar surface area (TPSA) is 59.2 Å².